The topological polar surface area (TPSA) is 101 Å². The van der Waals surface area contributed by atoms with Crippen LogP contribution in [0.1, 0.15) is 20.8 Å². The molecule has 0 aliphatic rings. The van der Waals surface area contributed by atoms with Gasteiger partial charge in [0.2, 0.25) is 5.91 Å². The molecule has 2 atom stereocenters. The largest absolute Gasteiger partial charge is 0.366 e. The van der Waals surface area contributed by atoms with Crippen molar-refractivity contribution in [3.8, 4) is 0 Å². The summed E-state index contributed by atoms with van der Waals surface area (Å²) in [6, 6.07) is 4.32. The zero-order valence-electron chi connectivity index (χ0n) is 13.4. The van der Waals surface area contributed by atoms with Crippen LogP contribution in [0.3, 0.4) is 0 Å². The summed E-state index contributed by atoms with van der Waals surface area (Å²) in [5, 5.41) is 16.8. The van der Waals surface area contributed by atoms with Crippen LogP contribution >= 0.6 is 15.9 Å². The second kappa shape index (κ2) is 7.87. The van der Waals surface area contributed by atoms with Crippen molar-refractivity contribution >= 4 is 44.0 Å². The molecule has 0 saturated heterocycles. The number of nitro groups is 1. The highest BCUT2D eigenvalue weighted by Crippen LogP contribution is 2.30. The van der Waals surface area contributed by atoms with Gasteiger partial charge in [-0.3, -0.25) is 19.1 Å². The van der Waals surface area contributed by atoms with Crippen molar-refractivity contribution in [1.29, 1.82) is 0 Å². The van der Waals surface area contributed by atoms with Crippen LogP contribution in [0.15, 0.2) is 22.7 Å². The number of rotatable bonds is 7. The van der Waals surface area contributed by atoms with Crippen LogP contribution in [0.2, 0.25) is 0 Å². The summed E-state index contributed by atoms with van der Waals surface area (Å²) in [6.07, 6.45) is 1.57. The van der Waals surface area contributed by atoms with Crippen molar-refractivity contribution in [2.75, 3.05) is 17.3 Å². The highest BCUT2D eigenvalue weighted by Gasteiger charge is 2.31. The Hall–Kier alpha value is -1.48. The Kier molecular flexibility index (Phi) is 6.69. The molecule has 7 nitrogen and oxygen atoms in total. The van der Waals surface area contributed by atoms with E-state index in [0.717, 1.165) is 0 Å². The van der Waals surface area contributed by atoms with Gasteiger partial charge in [-0.25, -0.2) is 0 Å². The molecule has 1 amide bonds. The van der Waals surface area contributed by atoms with Crippen molar-refractivity contribution in [2.45, 2.75) is 32.4 Å². The first-order valence-electron chi connectivity index (χ1n) is 6.86. The molecule has 128 valence electrons. The van der Waals surface area contributed by atoms with Gasteiger partial charge in [0.05, 0.1) is 4.92 Å². The molecule has 0 bridgehead atoms. The minimum atomic E-state index is -1.07. The Morgan fingerprint density at radius 2 is 2.09 bits per heavy atom. The van der Waals surface area contributed by atoms with E-state index in [1.807, 2.05) is 0 Å². The number of halogens is 1. The van der Waals surface area contributed by atoms with E-state index in [9.17, 15) is 19.1 Å². The number of hydrogen-bond donors (Lipinski definition) is 2. The third-order valence-corrected chi connectivity index (χ3v) is 4.50. The van der Waals surface area contributed by atoms with Crippen LogP contribution in [0, 0.1) is 10.1 Å². The first-order chi connectivity index (χ1) is 10.5. The molecule has 0 radical (unpaired) electrons. The maximum absolute atomic E-state index is 12.4. The summed E-state index contributed by atoms with van der Waals surface area (Å²) in [5.41, 5.74) is -0.935. The molecule has 2 N–H and O–H groups in total. The molecule has 0 heterocycles. The first-order valence-corrected chi connectivity index (χ1v) is 9.38. The molecule has 0 spiro atoms. The number of nitrogens with zero attached hydrogens (tertiary/aromatic N) is 1. The van der Waals surface area contributed by atoms with E-state index in [2.05, 4.69) is 26.6 Å². The Balaban J connectivity index is 2.91. The van der Waals surface area contributed by atoms with Crippen LogP contribution in [-0.2, 0) is 15.6 Å². The maximum Gasteiger partial charge on any atom is 0.293 e. The Labute approximate surface area is 146 Å². The lowest BCUT2D eigenvalue weighted by atomic mass is 10.0. The summed E-state index contributed by atoms with van der Waals surface area (Å²) in [5.74, 6) is 0.0212. The Bertz CT molecular complexity index is 636. The Morgan fingerprint density at radius 3 is 2.61 bits per heavy atom. The summed E-state index contributed by atoms with van der Waals surface area (Å²) in [4.78, 5) is 23.0. The second-order valence-electron chi connectivity index (χ2n) is 5.78. The van der Waals surface area contributed by atoms with E-state index in [0.29, 0.717) is 10.2 Å². The smallest absolute Gasteiger partial charge is 0.293 e. The number of amides is 1. The molecule has 0 aliphatic heterocycles. The predicted molar refractivity (Wildman–Crippen MR) is 95.0 cm³/mol. The summed E-state index contributed by atoms with van der Waals surface area (Å²) in [6.45, 7) is 5.02. The number of hydrogen-bond acceptors (Lipinski definition) is 5. The number of nitrogens with one attached hydrogen (secondary N) is 2. The van der Waals surface area contributed by atoms with Crippen LogP contribution in [-0.4, -0.2) is 38.6 Å². The quantitative estimate of drug-likeness (QED) is 0.535. The van der Waals surface area contributed by atoms with E-state index >= 15 is 0 Å². The molecule has 0 fully saturated rings. The highest BCUT2D eigenvalue weighted by molar-refractivity contribution is 9.10. The predicted octanol–water partition coefficient (Wildman–Crippen LogP) is 2.43. The van der Waals surface area contributed by atoms with Crippen molar-refractivity contribution in [1.82, 2.24) is 5.32 Å². The molecule has 0 aromatic heterocycles. The lowest BCUT2D eigenvalue weighted by molar-refractivity contribution is -0.384. The second-order valence-corrected chi connectivity index (χ2v) is 8.18. The van der Waals surface area contributed by atoms with Gasteiger partial charge in [0.25, 0.3) is 5.69 Å². The van der Waals surface area contributed by atoms with Gasteiger partial charge < -0.3 is 10.6 Å². The molecule has 1 aromatic rings. The number of benzene rings is 1. The molecular formula is C14H20BrN3O4S. The average Bonchev–Trinajstić information content (AvgIpc) is 2.39. The average molecular weight is 406 g/mol. The van der Waals surface area contributed by atoms with Gasteiger partial charge >= 0.3 is 0 Å². The molecule has 23 heavy (non-hydrogen) atoms. The van der Waals surface area contributed by atoms with Crippen molar-refractivity contribution in [3.63, 3.8) is 0 Å². The summed E-state index contributed by atoms with van der Waals surface area (Å²) >= 11 is 3.19. The zero-order chi connectivity index (χ0) is 17.8. The molecule has 0 saturated carbocycles. The number of carbonyl (C=O) groups is 1. The highest BCUT2D eigenvalue weighted by atomic mass is 79.9. The third-order valence-electron chi connectivity index (χ3n) is 3.03. The van der Waals surface area contributed by atoms with Gasteiger partial charge in [0.1, 0.15) is 11.2 Å². The van der Waals surface area contributed by atoms with Crippen molar-refractivity contribution < 1.29 is 13.9 Å². The van der Waals surface area contributed by atoms with E-state index in [4.69, 9.17) is 0 Å². The van der Waals surface area contributed by atoms with Crippen LogP contribution < -0.4 is 10.6 Å². The fraction of sp³-hybridized carbons (Fsp3) is 0.500. The van der Waals surface area contributed by atoms with Crippen LogP contribution in [0.5, 0.6) is 0 Å². The molecular weight excluding hydrogens is 386 g/mol. The maximum atomic E-state index is 12.4. The summed E-state index contributed by atoms with van der Waals surface area (Å²) in [7, 11) is -1.02. The molecule has 1 aromatic carbocycles. The van der Waals surface area contributed by atoms with E-state index in [-0.39, 0.29) is 23.3 Å². The van der Waals surface area contributed by atoms with Gasteiger partial charge in [0, 0.05) is 39.4 Å². The van der Waals surface area contributed by atoms with E-state index < -0.39 is 21.3 Å². The van der Waals surface area contributed by atoms with E-state index in [1.165, 1.54) is 6.07 Å². The SMILES string of the molecule is C[C@H](C[S@@](C)=O)NC(=O)C(C)(C)Nc1ccc(Br)cc1[N+](=O)[O-]. The summed E-state index contributed by atoms with van der Waals surface area (Å²) < 4.78 is 11.8. The molecule has 1 rings (SSSR count). The van der Waals surface area contributed by atoms with E-state index in [1.54, 1.807) is 39.2 Å². The minimum absolute atomic E-state index is 0.122. The molecule has 0 aliphatic carbocycles. The van der Waals surface area contributed by atoms with Crippen LogP contribution in [0.25, 0.3) is 0 Å². The fourth-order valence-corrected chi connectivity index (χ4v) is 3.09. The normalized spacial score (nSPS) is 14.0. The monoisotopic (exact) mass is 405 g/mol. The Morgan fingerprint density at radius 1 is 1.48 bits per heavy atom. The minimum Gasteiger partial charge on any atom is -0.366 e. The number of nitro benzene ring substituents is 1. The third kappa shape index (κ3) is 5.91. The van der Waals surface area contributed by atoms with Crippen molar-refractivity contribution in [3.05, 3.63) is 32.8 Å². The number of anilines is 1. The fourth-order valence-electron chi connectivity index (χ4n) is 1.95. The van der Waals surface area contributed by atoms with Gasteiger partial charge in [-0.2, -0.15) is 0 Å². The lowest BCUT2D eigenvalue weighted by Crippen LogP contribution is -2.51. The molecule has 9 heteroatoms. The molecule has 0 unspecified atom stereocenters. The van der Waals surface area contributed by atoms with Gasteiger partial charge in [-0.15, -0.1) is 0 Å². The van der Waals surface area contributed by atoms with Crippen molar-refractivity contribution in [2.24, 2.45) is 0 Å². The first kappa shape index (κ1) is 19.6. The van der Waals surface area contributed by atoms with Crippen LogP contribution in [0.4, 0.5) is 11.4 Å². The zero-order valence-corrected chi connectivity index (χ0v) is 15.8. The number of carbonyl (C=O) groups excluding carboxylic acids is 1. The van der Waals surface area contributed by atoms with Gasteiger partial charge in [-0.1, -0.05) is 15.9 Å². The lowest BCUT2D eigenvalue weighted by Gasteiger charge is -2.28. The van der Waals surface area contributed by atoms with Gasteiger partial charge in [0.15, 0.2) is 0 Å². The van der Waals surface area contributed by atoms with Gasteiger partial charge in [-0.05, 0) is 32.9 Å². The standard InChI is InChI=1S/C14H20BrN3O4S/c1-9(8-23(4)22)16-13(19)14(2,3)17-11-6-5-10(15)7-12(11)18(20)21/h5-7,9,17H,8H2,1-4H3,(H,16,19)/t9-,23-/m1/s1.